The second-order valence-corrected chi connectivity index (χ2v) is 8.36. The molecule has 1 amide bonds. The molecule has 0 saturated carbocycles. The molecule has 0 spiro atoms. The highest BCUT2D eigenvalue weighted by Crippen LogP contribution is 2.41. The van der Waals surface area contributed by atoms with Crippen molar-refractivity contribution in [2.24, 2.45) is 11.7 Å². The number of hydrogen-bond donors (Lipinski definition) is 1. The van der Waals surface area contributed by atoms with Gasteiger partial charge in [-0.2, -0.15) is 0 Å². The highest BCUT2D eigenvalue weighted by molar-refractivity contribution is 5.80. The first-order valence-corrected chi connectivity index (χ1v) is 10.6. The lowest BCUT2D eigenvalue weighted by Crippen LogP contribution is -2.52. The molecule has 2 aromatic carbocycles. The van der Waals surface area contributed by atoms with Gasteiger partial charge in [0.1, 0.15) is 5.82 Å². The van der Waals surface area contributed by atoms with Crippen LogP contribution in [0.2, 0.25) is 0 Å². The van der Waals surface area contributed by atoms with Crippen LogP contribution in [-0.2, 0) is 17.6 Å². The molecule has 1 aliphatic heterocycles. The number of methoxy groups -OCH3 is 2. The first-order chi connectivity index (χ1) is 15.2. The van der Waals surface area contributed by atoms with Crippen LogP contribution in [0.4, 0.5) is 13.2 Å². The van der Waals surface area contributed by atoms with Gasteiger partial charge in [-0.25, -0.2) is 13.2 Å². The summed E-state index contributed by atoms with van der Waals surface area (Å²) in [5, 5.41) is 0. The number of nitrogens with zero attached hydrogens (tertiary/aromatic N) is 1. The van der Waals surface area contributed by atoms with Crippen molar-refractivity contribution in [1.29, 1.82) is 0 Å². The maximum Gasteiger partial charge on any atom is 0.235 e. The molecule has 0 bridgehead atoms. The molecule has 2 aromatic rings. The molecule has 2 N–H and O–H groups in total. The third-order valence-corrected chi connectivity index (χ3v) is 6.13. The molecule has 2 atom stereocenters. The van der Waals surface area contributed by atoms with Crippen LogP contribution in [0.3, 0.4) is 0 Å². The van der Waals surface area contributed by atoms with E-state index in [1.807, 2.05) is 30.9 Å². The third kappa shape index (κ3) is 4.55. The van der Waals surface area contributed by atoms with Gasteiger partial charge in [0.2, 0.25) is 5.91 Å². The fourth-order valence-corrected chi connectivity index (χ4v) is 4.66. The Morgan fingerprint density at radius 1 is 1.12 bits per heavy atom. The molecule has 3 rings (SSSR count). The summed E-state index contributed by atoms with van der Waals surface area (Å²) in [6.45, 7) is 4.35. The second kappa shape index (κ2) is 9.81. The van der Waals surface area contributed by atoms with Crippen molar-refractivity contribution in [2.45, 2.75) is 45.2 Å². The van der Waals surface area contributed by atoms with Gasteiger partial charge in [0.25, 0.3) is 0 Å². The summed E-state index contributed by atoms with van der Waals surface area (Å²) in [6.07, 6.45) is 0.857. The van der Waals surface area contributed by atoms with E-state index in [4.69, 9.17) is 15.2 Å². The fourth-order valence-electron chi connectivity index (χ4n) is 4.66. The fraction of sp³-hybridized carbons (Fsp3) is 0.458. The highest BCUT2D eigenvalue weighted by Gasteiger charge is 2.37. The Balaban J connectivity index is 2.06. The minimum absolute atomic E-state index is 0.0477. The van der Waals surface area contributed by atoms with E-state index in [2.05, 4.69) is 0 Å². The number of carbonyl (C=O) groups is 1. The van der Waals surface area contributed by atoms with Gasteiger partial charge in [0.15, 0.2) is 23.1 Å². The first kappa shape index (κ1) is 23.9. The zero-order chi connectivity index (χ0) is 23.6. The Hall–Kier alpha value is -2.74. The van der Waals surface area contributed by atoms with E-state index < -0.39 is 29.4 Å². The van der Waals surface area contributed by atoms with Crippen molar-refractivity contribution in [3.8, 4) is 11.5 Å². The lowest BCUT2D eigenvalue weighted by Gasteiger charge is -2.43. The summed E-state index contributed by atoms with van der Waals surface area (Å²) in [7, 11) is 3.08. The van der Waals surface area contributed by atoms with Gasteiger partial charge in [0.05, 0.1) is 20.3 Å². The van der Waals surface area contributed by atoms with Gasteiger partial charge in [-0.15, -0.1) is 0 Å². The number of primary amides is 1. The van der Waals surface area contributed by atoms with Crippen LogP contribution in [0, 0.1) is 23.4 Å². The average Bonchev–Trinajstić information content (AvgIpc) is 2.75. The Morgan fingerprint density at radius 3 is 2.34 bits per heavy atom. The standard InChI is InChI=1S/C24H29F3N2O3/c1-13(2)23(24(28)30)29-10-9-14-11-20(31-3)21(32-4)12-16(14)19(29)8-5-15-17(25)6-7-18(26)22(15)27/h6-7,11-13,19,23H,5,8-10H2,1-4H3,(H2,28,30)/t19-,23+/m0/s1. The largest absolute Gasteiger partial charge is 0.493 e. The lowest BCUT2D eigenvalue weighted by atomic mass is 9.85. The van der Waals surface area contributed by atoms with Crippen LogP contribution in [0.25, 0.3) is 0 Å². The van der Waals surface area contributed by atoms with Crippen molar-refractivity contribution in [3.63, 3.8) is 0 Å². The molecule has 0 saturated heterocycles. The molecule has 0 fully saturated rings. The van der Waals surface area contributed by atoms with Crippen molar-refractivity contribution < 1.29 is 27.4 Å². The number of nitrogens with two attached hydrogens (primary N) is 1. The Kier molecular flexibility index (Phi) is 7.33. The average molecular weight is 451 g/mol. The van der Waals surface area contributed by atoms with Crippen LogP contribution in [0.1, 0.15) is 43.0 Å². The lowest BCUT2D eigenvalue weighted by molar-refractivity contribution is -0.126. The van der Waals surface area contributed by atoms with Gasteiger partial charge in [-0.1, -0.05) is 13.8 Å². The van der Waals surface area contributed by atoms with Crippen LogP contribution in [-0.4, -0.2) is 37.6 Å². The maximum atomic E-state index is 14.3. The maximum absolute atomic E-state index is 14.3. The highest BCUT2D eigenvalue weighted by atomic mass is 19.2. The minimum Gasteiger partial charge on any atom is -0.493 e. The number of amides is 1. The van der Waals surface area contributed by atoms with Crippen LogP contribution >= 0.6 is 0 Å². The predicted octanol–water partition coefficient (Wildman–Crippen LogP) is 4.16. The Bertz CT molecular complexity index is 997. The molecule has 8 heteroatoms. The number of rotatable bonds is 8. The summed E-state index contributed by atoms with van der Waals surface area (Å²) in [4.78, 5) is 14.3. The van der Waals surface area contributed by atoms with E-state index in [1.54, 1.807) is 7.11 Å². The zero-order valence-corrected chi connectivity index (χ0v) is 18.8. The molecule has 0 aliphatic carbocycles. The summed E-state index contributed by atoms with van der Waals surface area (Å²) in [5.74, 6) is -2.51. The number of benzene rings is 2. The van der Waals surface area contributed by atoms with Gasteiger partial charge in [0, 0.05) is 18.2 Å². The van der Waals surface area contributed by atoms with Crippen LogP contribution in [0.15, 0.2) is 24.3 Å². The quantitative estimate of drug-likeness (QED) is 0.614. The van der Waals surface area contributed by atoms with Gasteiger partial charge >= 0.3 is 0 Å². The summed E-state index contributed by atoms with van der Waals surface area (Å²) in [6, 6.07) is 4.48. The third-order valence-electron chi connectivity index (χ3n) is 6.13. The molecule has 5 nitrogen and oxygen atoms in total. The molecule has 0 aromatic heterocycles. The van der Waals surface area contributed by atoms with Crippen LogP contribution in [0.5, 0.6) is 11.5 Å². The van der Waals surface area contributed by atoms with Gasteiger partial charge < -0.3 is 15.2 Å². The Labute approximate surface area is 186 Å². The van der Waals surface area contributed by atoms with Crippen molar-refractivity contribution in [2.75, 3.05) is 20.8 Å². The first-order valence-electron chi connectivity index (χ1n) is 10.6. The molecule has 0 unspecified atom stereocenters. The number of carbonyl (C=O) groups excluding carboxylic acids is 1. The molecule has 1 aliphatic rings. The van der Waals surface area contributed by atoms with E-state index in [0.717, 1.165) is 23.3 Å². The van der Waals surface area contributed by atoms with E-state index in [1.165, 1.54) is 7.11 Å². The topological polar surface area (TPSA) is 64.8 Å². The zero-order valence-electron chi connectivity index (χ0n) is 18.8. The number of halogens is 3. The SMILES string of the molecule is COc1cc2c(cc1OC)[C@H](CCc1c(F)ccc(F)c1F)N([C@@H](C(N)=O)C(C)C)CC2. The Morgan fingerprint density at radius 2 is 1.75 bits per heavy atom. The minimum atomic E-state index is -1.18. The summed E-state index contributed by atoms with van der Waals surface area (Å²) < 4.78 is 53.2. The molecule has 32 heavy (non-hydrogen) atoms. The van der Waals surface area contributed by atoms with E-state index in [9.17, 15) is 18.0 Å². The summed E-state index contributed by atoms with van der Waals surface area (Å²) in [5.41, 5.74) is 7.29. The second-order valence-electron chi connectivity index (χ2n) is 8.36. The molecule has 1 heterocycles. The molecule has 174 valence electrons. The molecular weight excluding hydrogens is 421 g/mol. The van der Waals surface area contributed by atoms with E-state index in [0.29, 0.717) is 24.5 Å². The van der Waals surface area contributed by atoms with Crippen LogP contribution < -0.4 is 15.2 Å². The van der Waals surface area contributed by atoms with Crippen molar-refractivity contribution in [1.82, 2.24) is 4.90 Å². The predicted molar refractivity (Wildman–Crippen MR) is 115 cm³/mol. The normalized spacial score (nSPS) is 17.2. The van der Waals surface area contributed by atoms with E-state index >= 15 is 0 Å². The summed E-state index contributed by atoms with van der Waals surface area (Å²) >= 11 is 0. The number of hydrogen-bond acceptors (Lipinski definition) is 4. The van der Waals surface area contributed by atoms with Crippen molar-refractivity contribution >= 4 is 5.91 Å². The number of fused-ring (bicyclic) bond motifs is 1. The smallest absolute Gasteiger partial charge is 0.235 e. The number of ether oxygens (including phenoxy) is 2. The molecular formula is C24H29F3N2O3. The monoisotopic (exact) mass is 450 g/mol. The van der Waals surface area contributed by atoms with Crippen molar-refractivity contribution in [3.05, 3.63) is 58.4 Å². The van der Waals surface area contributed by atoms with Gasteiger partial charge in [-0.05, 0) is 60.6 Å². The van der Waals surface area contributed by atoms with Gasteiger partial charge in [-0.3, -0.25) is 9.69 Å². The molecule has 0 radical (unpaired) electrons. The van der Waals surface area contributed by atoms with E-state index in [-0.39, 0.29) is 30.4 Å².